The summed E-state index contributed by atoms with van der Waals surface area (Å²) in [6.45, 7) is 4.63. The molecule has 3 aromatic carbocycles. The summed E-state index contributed by atoms with van der Waals surface area (Å²) in [5.74, 6) is 0.847. The molecule has 13 heteroatoms. The average molecular weight is 621 g/mol. The summed E-state index contributed by atoms with van der Waals surface area (Å²) in [7, 11) is 0. The quantitative estimate of drug-likeness (QED) is 0.175. The Kier molecular flexibility index (Phi) is 13.0. The molecule has 0 aliphatic rings. The lowest BCUT2D eigenvalue weighted by atomic mass is 10.0. The minimum atomic E-state index is -4.48. The number of hydrogen-bond acceptors (Lipinski definition) is 8. The highest BCUT2D eigenvalue weighted by Crippen LogP contribution is 2.36. The topological polar surface area (TPSA) is 128 Å². The zero-order valence-corrected chi connectivity index (χ0v) is 25.0. The van der Waals surface area contributed by atoms with Gasteiger partial charge < -0.3 is 19.9 Å². The third-order valence-electron chi connectivity index (χ3n) is 5.43. The van der Waals surface area contributed by atoms with Crippen LogP contribution in [0.3, 0.4) is 0 Å². The third-order valence-corrected chi connectivity index (χ3v) is 5.58. The Morgan fingerprint density at radius 1 is 1.07 bits per heavy atom. The standard InChI is InChI=1S/C26H21ClF3N5O.C2H6.CH4O2S/c1-16-10-21(11-19(13-31)25(16)36-9-8-27)35(15-26(28,29)30)20-5-2-17(3-6-20)18-4-7-22-23(12-18)33-14-24(32)34-22;1-2;1-4(2)3/h2-7,10-12,14H,8-9,15H2,1H3,(H2,32,34);1-2H3;1H3,(H,2,3)/p-1. The molecule has 1 atom stereocenters. The van der Waals surface area contributed by atoms with E-state index < -0.39 is 23.8 Å². The lowest BCUT2D eigenvalue weighted by Gasteiger charge is -2.27. The molecule has 0 saturated carbocycles. The van der Waals surface area contributed by atoms with Crippen LogP contribution in [-0.4, -0.2) is 50.2 Å². The Hall–Kier alpha value is -3.92. The number of rotatable bonds is 7. The highest BCUT2D eigenvalue weighted by Gasteiger charge is 2.32. The van der Waals surface area contributed by atoms with Crippen molar-refractivity contribution < 1.29 is 26.7 Å². The van der Waals surface area contributed by atoms with Gasteiger partial charge in [-0.05, 0) is 66.3 Å². The van der Waals surface area contributed by atoms with E-state index in [0.717, 1.165) is 22.3 Å². The number of alkyl halides is 4. The number of benzene rings is 3. The van der Waals surface area contributed by atoms with Gasteiger partial charge in [-0.15, -0.1) is 11.6 Å². The lowest BCUT2D eigenvalue weighted by Crippen LogP contribution is -2.30. The molecule has 0 fully saturated rings. The van der Waals surface area contributed by atoms with Gasteiger partial charge in [0.1, 0.15) is 30.8 Å². The first-order chi connectivity index (χ1) is 19.9. The number of nitrogens with zero attached hydrogens (tertiary/aromatic N) is 4. The molecule has 0 radical (unpaired) electrons. The van der Waals surface area contributed by atoms with Crippen molar-refractivity contribution >= 4 is 50.9 Å². The van der Waals surface area contributed by atoms with Crippen molar-refractivity contribution in [1.29, 1.82) is 5.26 Å². The molecule has 0 aliphatic carbocycles. The maximum atomic E-state index is 13.6. The fourth-order valence-electron chi connectivity index (χ4n) is 3.88. The molecule has 224 valence electrons. The van der Waals surface area contributed by atoms with Crippen molar-refractivity contribution in [1.82, 2.24) is 9.97 Å². The maximum Gasteiger partial charge on any atom is 0.406 e. The number of aryl methyl sites for hydroxylation is 1. The van der Waals surface area contributed by atoms with E-state index in [1.807, 2.05) is 32.0 Å². The molecule has 0 amide bonds. The van der Waals surface area contributed by atoms with Gasteiger partial charge >= 0.3 is 6.18 Å². The van der Waals surface area contributed by atoms with Gasteiger partial charge in [0.25, 0.3) is 0 Å². The van der Waals surface area contributed by atoms with Crippen molar-refractivity contribution in [2.24, 2.45) is 0 Å². The van der Waals surface area contributed by atoms with Crippen molar-refractivity contribution in [2.75, 3.05) is 35.9 Å². The van der Waals surface area contributed by atoms with Crippen molar-refractivity contribution in [3.05, 3.63) is 71.9 Å². The number of nitrogens with two attached hydrogens (primary N) is 1. The molecule has 1 unspecified atom stereocenters. The van der Waals surface area contributed by atoms with Gasteiger partial charge in [-0.3, -0.25) is 9.19 Å². The van der Waals surface area contributed by atoms with Crippen LogP contribution in [0.15, 0.2) is 60.8 Å². The van der Waals surface area contributed by atoms with Gasteiger partial charge in [0.15, 0.2) is 0 Å². The first-order valence-corrected chi connectivity index (χ1v) is 14.6. The molecule has 2 N–H and O–H groups in total. The van der Waals surface area contributed by atoms with Crippen LogP contribution >= 0.6 is 11.6 Å². The number of nitrogen functional groups attached to an aromatic ring is 1. The molecule has 1 aromatic heterocycles. The first-order valence-electron chi connectivity index (χ1n) is 12.6. The van der Waals surface area contributed by atoms with Gasteiger partial charge in [0.2, 0.25) is 0 Å². The Balaban J connectivity index is 0.000000947. The summed E-state index contributed by atoms with van der Waals surface area (Å²) in [6, 6.07) is 17.1. The predicted molar refractivity (Wildman–Crippen MR) is 161 cm³/mol. The van der Waals surface area contributed by atoms with Crippen LogP contribution in [0.4, 0.5) is 30.4 Å². The van der Waals surface area contributed by atoms with Crippen LogP contribution in [0.2, 0.25) is 0 Å². The molecular weight excluding hydrogens is 591 g/mol. The number of halogens is 4. The summed E-state index contributed by atoms with van der Waals surface area (Å²) in [6.07, 6.45) is -1.93. The monoisotopic (exact) mass is 620 g/mol. The zero-order valence-electron chi connectivity index (χ0n) is 23.4. The second-order valence-corrected chi connectivity index (χ2v) is 9.62. The average Bonchev–Trinajstić information content (AvgIpc) is 2.95. The molecule has 1 heterocycles. The number of hydrogen-bond donors (Lipinski definition) is 1. The Morgan fingerprint density at radius 3 is 2.26 bits per heavy atom. The van der Waals surface area contributed by atoms with Crippen LogP contribution in [0.5, 0.6) is 5.75 Å². The predicted octanol–water partition coefficient (Wildman–Crippen LogP) is 6.90. The van der Waals surface area contributed by atoms with Crippen LogP contribution in [0.25, 0.3) is 22.2 Å². The fraction of sp³-hybridized carbons (Fsp3) is 0.276. The molecule has 0 spiro atoms. The molecular formula is C29H30ClF3N5O3S-. The molecule has 0 saturated heterocycles. The molecule has 4 aromatic rings. The van der Waals surface area contributed by atoms with E-state index in [0.29, 0.717) is 33.9 Å². The van der Waals surface area contributed by atoms with Gasteiger partial charge in [0, 0.05) is 11.4 Å². The highest BCUT2D eigenvalue weighted by atomic mass is 35.5. The SMILES string of the molecule is CC.CS(=O)[O-].Cc1cc(N(CC(F)(F)F)c2ccc(-c3ccc4nc(N)cnc4c3)cc2)cc(C#N)c1OCCCl. The first kappa shape index (κ1) is 34.3. The molecule has 42 heavy (non-hydrogen) atoms. The molecule has 0 bridgehead atoms. The highest BCUT2D eigenvalue weighted by molar-refractivity contribution is 7.78. The summed E-state index contributed by atoms with van der Waals surface area (Å²) < 4.78 is 64.2. The summed E-state index contributed by atoms with van der Waals surface area (Å²) >= 11 is 3.81. The van der Waals surface area contributed by atoms with E-state index in [-0.39, 0.29) is 23.7 Å². The lowest BCUT2D eigenvalue weighted by molar-refractivity contribution is -0.118. The van der Waals surface area contributed by atoms with Crippen molar-refractivity contribution in [2.45, 2.75) is 26.9 Å². The Morgan fingerprint density at radius 2 is 1.69 bits per heavy atom. The summed E-state index contributed by atoms with van der Waals surface area (Å²) in [4.78, 5) is 9.62. The van der Waals surface area contributed by atoms with Gasteiger partial charge in [0.05, 0.1) is 28.7 Å². The van der Waals surface area contributed by atoms with E-state index in [1.54, 1.807) is 43.3 Å². The van der Waals surface area contributed by atoms with Crippen LogP contribution in [0, 0.1) is 18.3 Å². The molecule has 0 aliphatic heterocycles. The van der Waals surface area contributed by atoms with Crippen LogP contribution in [0.1, 0.15) is 25.0 Å². The van der Waals surface area contributed by atoms with E-state index >= 15 is 0 Å². The number of fused-ring (bicyclic) bond motifs is 1. The van der Waals surface area contributed by atoms with Crippen molar-refractivity contribution in [3.8, 4) is 22.9 Å². The number of nitriles is 1. The Labute approximate surface area is 250 Å². The van der Waals surface area contributed by atoms with E-state index in [1.165, 1.54) is 12.3 Å². The van der Waals surface area contributed by atoms with E-state index in [2.05, 4.69) is 9.97 Å². The number of ether oxygens (including phenoxy) is 1. The second kappa shape index (κ2) is 15.9. The van der Waals surface area contributed by atoms with E-state index in [4.69, 9.17) is 30.8 Å². The Bertz CT molecular complexity index is 1540. The zero-order chi connectivity index (χ0) is 31.4. The van der Waals surface area contributed by atoms with Crippen LogP contribution in [-0.2, 0) is 11.1 Å². The number of aromatic nitrogens is 2. The minimum Gasteiger partial charge on any atom is -0.773 e. The second-order valence-electron chi connectivity index (χ2n) is 8.44. The molecule has 8 nitrogen and oxygen atoms in total. The number of anilines is 3. The maximum absolute atomic E-state index is 13.6. The van der Waals surface area contributed by atoms with E-state index in [9.17, 15) is 18.4 Å². The largest absolute Gasteiger partial charge is 0.773 e. The summed E-state index contributed by atoms with van der Waals surface area (Å²) in [5.41, 5.74) is 9.83. The normalized spacial score (nSPS) is 11.3. The van der Waals surface area contributed by atoms with Crippen LogP contribution < -0.4 is 15.4 Å². The minimum absolute atomic E-state index is 0.136. The van der Waals surface area contributed by atoms with Crippen molar-refractivity contribution in [3.63, 3.8) is 0 Å². The van der Waals surface area contributed by atoms with Gasteiger partial charge in [-0.2, -0.15) is 18.4 Å². The van der Waals surface area contributed by atoms with Gasteiger partial charge in [-0.1, -0.05) is 43.1 Å². The third kappa shape index (κ3) is 9.87. The smallest absolute Gasteiger partial charge is 0.406 e. The van der Waals surface area contributed by atoms with Gasteiger partial charge in [-0.25, -0.2) is 4.98 Å². The summed E-state index contributed by atoms with van der Waals surface area (Å²) in [5, 5.41) is 9.58. The molecule has 4 rings (SSSR count). The fourth-order valence-corrected chi connectivity index (χ4v) is 3.95.